The van der Waals surface area contributed by atoms with Crippen LogP contribution in [0.4, 0.5) is 0 Å². The van der Waals surface area contributed by atoms with Crippen molar-refractivity contribution in [3.8, 4) is 33.5 Å². The van der Waals surface area contributed by atoms with E-state index in [1.165, 1.54) is 60.5 Å². The largest absolute Gasteiger partial charge is 0.285 e. The molecule has 0 atom stereocenters. The molecule has 1 aromatic heterocycles. The average molecular weight is 531 g/mol. The van der Waals surface area contributed by atoms with Gasteiger partial charge in [-0.3, -0.25) is 9.98 Å². The summed E-state index contributed by atoms with van der Waals surface area (Å²) in [6, 6.07) is 37.0. The molecule has 0 saturated carbocycles. The van der Waals surface area contributed by atoms with E-state index in [-0.39, 0.29) is 0 Å². The fourth-order valence-corrected chi connectivity index (χ4v) is 5.96. The van der Waals surface area contributed by atoms with Gasteiger partial charge in [-0.25, -0.2) is 0 Å². The summed E-state index contributed by atoms with van der Waals surface area (Å²) in [6.07, 6.45) is 6.13. The van der Waals surface area contributed by atoms with E-state index in [1.54, 1.807) is 0 Å². The van der Waals surface area contributed by atoms with Gasteiger partial charge in [-0.2, -0.15) is 0 Å². The lowest BCUT2D eigenvalue weighted by Crippen LogP contribution is -2.04. The van der Waals surface area contributed by atoms with Gasteiger partial charge in [0.15, 0.2) is 0 Å². The van der Waals surface area contributed by atoms with Crippen molar-refractivity contribution in [2.45, 2.75) is 27.7 Å². The number of fused-ring (bicyclic) bond motifs is 2. The smallest absolute Gasteiger partial charge is 0.0714 e. The van der Waals surface area contributed by atoms with Crippen LogP contribution in [0, 0.1) is 13.8 Å². The number of rotatable bonds is 6. The van der Waals surface area contributed by atoms with E-state index in [4.69, 9.17) is 9.98 Å². The Hall–Kier alpha value is -4.82. The summed E-state index contributed by atoms with van der Waals surface area (Å²) < 4.78 is 0. The molecule has 0 aliphatic carbocycles. The lowest BCUT2D eigenvalue weighted by atomic mass is 9.84. The van der Waals surface area contributed by atoms with Gasteiger partial charge in [-0.15, -0.1) is 0 Å². The number of aliphatic imine (C=N–C) groups is 1. The Labute approximate surface area is 242 Å². The molecule has 0 radical (unpaired) electrons. The maximum atomic E-state index is 5.03. The summed E-state index contributed by atoms with van der Waals surface area (Å²) >= 11 is 0. The number of nitrogens with zero attached hydrogens (tertiary/aromatic N) is 2. The van der Waals surface area contributed by atoms with Gasteiger partial charge in [-0.05, 0) is 113 Å². The first-order valence-electron chi connectivity index (χ1n) is 14.3. The monoisotopic (exact) mass is 530 g/mol. The van der Waals surface area contributed by atoms with Crippen molar-refractivity contribution >= 4 is 27.3 Å². The van der Waals surface area contributed by atoms with Crippen LogP contribution in [0.15, 0.2) is 126 Å². The highest BCUT2D eigenvalue weighted by atomic mass is 14.7. The van der Waals surface area contributed by atoms with E-state index in [9.17, 15) is 0 Å². The predicted octanol–water partition coefficient (Wildman–Crippen LogP) is 10.4. The van der Waals surface area contributed by atoms with E-state index in [1.807, 2.05) is 12.3 Å². The molecular weight excluding hydrogens is 496 g/mol. The zero-order chi connectivity index (χ0) is 28.3. The Morgan fingerprint density at radius 2 is 1.44 bits per heavy atom. The minimum atomic E-state index is 0.712. The average Bonchev–Trinajstić information content (AvgIpc) is 3.00. The number of aryl methyl sites for hydroxylation is 2. The van der Waals surface area contributed by atoms with Gasteiger partial charge in [0.2, 0.25) is 0 Å². The Balaban J connectivity index is 1.83. The zero-order valence-electron chi connectivity index (χ0n) is 24.1. The third-order valence-corrected chi connectivity index (χ3v) is 7.83. The zero-order valence-corrected chi connectivity index (χ0v) is 24.1. The molecule has 6 aromatic rings. The van der Waals surface area contributed by atoms with Gasteiger partial charge in [0.25, 0.3) is 0 Å². The highest BCUT2D eigenvalue weighted by molar-refractivity contribution is 6.29. The second kappa shape index (κ2) is 11.3. The van der Waals surface area contributed by atoms with Gasteiger partial charge in [0.05, 0.1) is 11.4 Å². The number of allylic oxidation sites excluding steroid dienone is 2. The molecule has 0 unspecified atom stereocenters. The molecule has 1 heterocycles. The molecule has 0 bridgehead atoms. The molecule has 0 N–H and O–H groups in total. The second-order valence-electron chi connectivity index (χ2n) is 10.5. The Morgan fingerprint density at radius 1 is 0.683 bits per heavy atom. The van der Waals surface area contributed by atoms with E-state index in [0.717, 1.165) is 17.0 Å². The van der Waals surface area contributed by atoms with Crippen LogP contribution in [-0.2, 0) is 0 Å². The Morgan fingerprint density at radius 3 is 2.17 bits per heavy atom. The van der Waals surface area contributed by atoms with E-state index < -0.39 is 0 Å². The number of pyridine rings is 1. The van der Waals surface area contributed by atoms with Crippen molar-refractivity contribution in [2.24, 2.45) is 4.99 Å². The maximum Gasteiger partial charge on any atom is 0.0714 e. The van der Waals surface area contributed by atoms with Crippen LogP contribution in [0.1, 0.15) is 30.5 Å². The minimum Gasteiger partial charge on any atom is -0.285 e. The van der Waals surface area contributed by atoms with Crippen molar-refractivity contribution in [2.75, 3.05) is 6.54 Å². The second-order valence-corrected chi connectivity index (χ2v) is 10.5. The molecule has 41 heavy (non-hydrogen) atoms. The van der Waals surface area contributed by atoms with E-state index >= 15 is 0 Å². The molecule has 0 aliphatic rings. The molecular formula is C39H34N2. The normalized spacial score (nSPS) is 12.0. The summed E-state index contributed by atoms with van der Waals surface area (Å²) in [7, 11) is 0. The lowest BCUT2D eigenvalue weighted by molar-refractivity contribution is 1.13. The van der Waals surface area contributed by atoms with Crippen LogP contribution in [0.5, 0.6) is 0 Å². The van der Waals surface area contributed by atoms with E-state index in [2.05, 4.69) is 137 Å². The van der Waals surface area contributed by atoms with Gasteiger partial charge < -0.3 is 0 Å². The lowest BCUT2D eigenvalue weighted by Gasteiger charge is -2.20. The van der Waals surface area contributed by atoms with Crippen molar-refractivity contribution in [1.82, 2.24) is 4.98 Å². The molecule has 0 aliphatic heterocycles. The van der Waals surface area contributed by atoms with Gasteiger partial charge in [0.1, 0.15) is 0 Å². The first-order valence-corrected chi connectivity index (χ1v) is 14.3. The van der Waals surface area contributed by atoms with Crippen molar-refractivity contribution < 1.29 is 0 Å². The van der Waals surface area contributed by atoms with Gasteiger partial charge >= 0.3 is 0 Å². The van der Waals surface area contributed by atoms with Crippen LogP contribution in [0.3, 0.4) is 0 Å². The maximum absolute atomic E-state index is 5.03. The van der Waals surface area contributed by atoms with Crippen molar-refractivity contribution in [3.05, 3.63) is 138 Å². The van der Waals surface area contributed by atoms with Crippen LogP contribution in [0.25, 0.3) is 55.1 Å². The van der Waals surface area contributed by atoms with Crippen molar-refractivity contribution in [3.63, 3.8) is 0 Å². The molecule has 2 heteroatoms. The van der Waals surface area contributed by atoms with E-state index in [0.29, 0.717) is 6.54 Å². The van der Waals surface area contributed by atoms with Crippen LogP contribution in [0.2, 0.25) is 0 Å². The Bertz CT molecular complexity index is 1930. The SMILES string of the molecule is CC=CC(=NCC)c1c2cc(-c3ccccc3)ccc2c(-c2ccccn2)c2cc(-c3ccccc3C)c(C)cc12. The molecule has 0 spiro atoms. The van der Waals surface area contributed by atoms with Crippen LogP contribution >= 0.6 is 0 Å². The number of hydrogen-bond acceptors (Lipinski definition) is 2. The summed E-state index contributed by atoms with van der Waals surface area (Å²) in [4.78, 5) is 9.90. The standard InChI is InChI=1S/C39H34N2/c1-5-14-36(40-6-2)39-33-23-27(4)32(30-18-11-10-15-26(30)3)25-35(33)38(37-19-12-13-22-41-37)31-21-20-29(24-34(31)39)28-16-8-7-9-17-28/h5,7-25H,6H2,1-4H3. The molecule has 2 nitrogen and oxygen atoms in total. The number of benzene rings is 5. The van der Waals surface area contributed by atoms with Crippen LogP contribution in [-0.4, -0.2) is 17.2 Å². The first-order chi connectivity index (χ1) is 20.1. The molecule has 6 rings (SSSR count). The van der Waals surface area contributed by atoms with Crippen LogP contribution < -0.4 is 0 Å². The number of aromatic nitrogens is 1. The summed E-state index contributed by atoms with van der Waals surface area (Å²) in [5, 5.41) is 4.76. The van der Waals surface area contributed by atoms with Crippen molar-refractivity contribution in [1.29, 1.82) is 0 Å². The topological polar surface area (TPSA) is 25.2 Å². The highest BCUT2D eigenvalue weighted by Crippen LogP contribution is 2.43. The third-order valence-electron chi connectivity index (χ3n) is 7.83. The Kier molecular flexibility index (Phi) is 7.31. The number of hydrogen-bond donors (Lipinski definition) is 0. The molecule has 5 aromatic carbocycles. The van der Waals surface area contributed by atoms with Gasteiger partial charge in [0, 0.05) is 23.9 Å². The predicted molar refractivity (Wildman–Crippen MR) is 177 cm³/mol. The molecule has 0 amide bonds. The quantitative estimate of drug-likeness (QED) is 0.155. The summed E-state index contributed by atoms with van der Waals surface area (Å²) in [5.74, 6) is 0. The first kappa shape index (κ1) is 26.4. The molecule has 0 fully saturated rings. The molecule has 0 saturated heterocycles. The fourth-order valence-electron chi connectivity index (χ4n) is 5.96. The van der Waals surface area contributed by atoms with Gasteiger partial charge in [-0.1, -0.05) is 84.9 Å². The third kappa shape index (κ3) is 4.87. The summed E-state index contributed by atoms with van der Waals surface area (Å²) in [6.45, 7) is 9.29. The molecule has 200 valence electrons. The minimum absolute atomic E-state index is 0.712. The fraction of sp³-hybridized carbons (Fsp3) is 0.128. The summed E-state index contributed by atoms with van der Waals surface area (Å²) in [5.41, 5.74) is 11.7. The highest BCUT2D eigenvalue weighted by Gasteiger charge is 2.21.